The topological polar surface area (TPSA) is 54.3 Å². The Morgan fingerprint density at radius 2 is 2.05 bits per heavy atom. The first-order valence-electron chi connectivity index (χ1n) is 7.67. The summed E-state index contributed by atoms with van der Waals surface area (Å²) >= 11 is 0. The number of hydrogen-bond acceptors (Lipinski definition) is 3. The normalized spacial score (nSPS) is 12.5. The van der Waals surface area contributed by atoms with Crippen molar-refractivity contribution in [2.75, 3.05) is 13.1 Å². The second-order valence-corrected chi connectivity index (χ2v) is 5.17. The highest BCUT2D eigenvalue weighted by molar-refractivity contribution is 5.82. The van der Waals surface area contributed by atoms with E-state index in [2.05, 4.69) is 30.5 Å². The van der Waals surface area contributed by atoms with Crippen LogP contribution in [0.25, 0.3) is 11.0 Å². The van der Waals surface area contributed by atoms with Gasteiger partial charge < -0.3 is 15.1 Å². The summed E-state index contributed by atoms with van der Waals surface area (Å²) in [5.41, 5.74) is 2.19. The van der Waals surface area contributed by atoms with Gasteiger partial charge in [0.2, 0.25) is 5.91 Å². The van der Waals surface area contributed by atoms with Crippen LogP contribution in [-0.4, -0.2) is 19.0 Å². The Kier molecular flexibility index (Phi) is 5.39. The lowest BCUT2D eigenvalue weighted by Gasteiger charge is -2.13. The van der Waals surface area contributed by atoms with Gasteiger partial charge in [-0.1, -0.05) is 25.1 Å². The Balaban J connectivity index is 2.05. The van der Waals surface area contributed by atoms with Crippen LogP contribution in [0.3, 0.4) is 0 Å². The fourth-order valence-corrected chi connectivity index (χ4v) is 2.61. The molecule has 1 unspecified atom stereocenters. The Hall–Kier alpha value is -1.81. The van der Waals surface area contributed by atoms with Crippen LogP contribution in [-0.2, 0) is 11.2 Å². The number of furan rings is 1. The molecule has 4 heteroatoms. The van der Waals surface area contributed by atoms with Crippen molar-refractivity contribution < 1.29 is 9.21 Å². The summed E-state index contributed by atoms with van der Waals surface area (Å²) in [5.74, 6) is 1.06. The molecule has 1 aromatic heterocycles. The van der Waals surface area contributed by atoms with Gasteiger partial charge in [-0.3, -0.25) is 4.79 Å². The molecule has 0 spiro atoms. The number of aryl methyl sites for hydroxylation is 1. The predicted octanol–water partition coefficient (Wildman–Crippen LogP) is 3.17. The monoisotopic (exact) mass is 288 g/mol. The number of para-hydroxylation sites is 1. The summed E-state index contributed by atoms with van der Waals surface area (Å²) in [5, 5.41) is 7.36. The third kappa shape index (κ3) is 3.64. The van der Waals surface area contributed by atoms with Crippen LogP contribution < -0.4 is 10.6 Å². The molecular formula is C17H24N2O2. The second kappa shape index (κ2) is 7.27. The number of fused-ring (bicyclic) bond motifs is 1. The Labute approximate surface area is 125 Å². The van der Waals surface area contributed by atoms with Crippen molar-refractivity contribution in [3.8, 4) is 0 Å². The van der Waals surface area contributed by atoms with Gasteiger partial charge in [-0.25, -0.2) is 0 Å². The number of carbonyl (C=O) groups is 1. The number of nitrogens with one attached hydrogen (secondary N) is 2. The molecule has 0 fully saturated rings. The lowest BCUT2D eigenvalue weighted by atomic mass is 10.1. The summed E-state index contributed by atoms with van der Waals surface area (Å²) < 4.78 is 5.99. The number of rotatable bonds is 7. The van der Waals surface area contributed by atoms with Crippen molar-refractivity contribution in [3.05, 3.63) is 35.6 Å². The predicted molar refractivity (Wildman–Crippen MR) is 85.3 cm³/mol. The molecular weight excluding hydrogens is 264 g/mol. The van der Waals surface area contributed by atoms with E-state index in [9.17, 15) is 4.79 Å². The minimum Gasteiger partial charge on any atom is -0.459 e. The van der Waals surface area contributed by atoms with Crippen LogP contribution in [0.4, 0.5) is 0 Å². The van der Waals surface area contributed by atoms with Gasteiger partial charge in [0.25, 0.3) is 0 Å². The van der Waals surface area contributed by atoms with E-state index in [-0.39, 0.29) is 11.9 Å². The summed E-state index contributed by atoms with van der Waals surface area (Å²) in [6, 6.07) is 8.22. The van der Waals surface area contributed by atoms with Crippen molar-refractivity contribution in [3.63, 3.8) is 0 Å². The average molecular weight is 288 g/mol. The fraction of sp³-hybridized carbons (Fsp3) is 0.471. The van der Waals surface area contributed by atoms with Crippen molar-refractivity contribution in [2.24, 2.45) is 0 Å². The molecule has 2 aromatic rings. The summed E-state index contributed by atoms with van der Waals surface area (Å²) in [6.07, 6.45) is 1.43. The summed E-state index contributed by atoms with van der Waals surface area (Å²) in [7, 11) is 0. The maximum absolute atomic E-state index is 11.5. The third-order valence-corrected chi connectivity index (χ3v) is 3.65. The van der Waals surface area contributed by atoms with E-state index in [4.69, 9.17) is 4.42 Å². The first-order chi connectivity index (χ1) is 10.2. The summed E-state index contributed by atoms with van der Waals surface area (Å²) in [6.45, 7) is 7.47. The van der Waals surface area contributed by atoms with Gasteiger partial charge in [0.15, 0.2) is 0 Å². The van der Waals surface area contributed by atoms with Crippen molar-refractivity contribution in [2.45, 2.75) is 39.7 Å². The molecule has 4 nitrogen and oxygen atoms in total. The summed E-state index contributed by atoms with van der Waals surface area (Å²) in [4.78, 5) is 11.5. The van der Waals surface area contributed by atoms with E-state index in [0.29, 0.717) is 19.5 Å². The third-order valence-electron chi connectivity index (χ3n) is 3.65. The quantitative estimate of drug-likeness (QED) is 0.823. The number of hydrogen-bond donors (Lipinski definition) is 2. The van der Waals surface area contributed by atoms with Crippen LogP contribution in [0.2, 0.25) is 0 Å². The molecule has 2 N–H and O–H groups in total. The lowest BCUT2D eigenvalue weighted by molar-refractivity contribution is -0.120. The largest absolute Gasteiger partial charge is 0.459 e. The van der Waals surface area contributed by atoms with E-state index >= 15 is 0 Å². The smallest absolute Gasteiger partial charge is 0.221 e. The first-order valence-corrected chi connectivity index (χ1v) is 7.67. The van der Waals surface area contributed by atoms with Gasteiger partial charge in [-0.05, 0) is 26.3 Å². The van der Waals surface area contributed by atoms with Gasteiger partial charge in [0, 0.05) is 30.5 Å². The number of benzene rings is 1. The standard InChI is InChI=1S/C17H24N2O2/c1-4-13-14-8-6-7-9-15(14)21-17(13)12(3)19-11-10-16(20)18-5-2/h6-9,12,19H,4-5,10-11H2,1-3H3,(H,18,20). The maximum Gasteiger partial charge on any atom is 0.221 e. The highest BCUT2D eigenvalue weighted by Gasteiger charge is 2.17. The Bertz CT molecular complexity index is 604. The minimum absolute atomic E-state index is 0.0810. The molecule has 0 saturated heterocycles. The van der Waals surface area contributed by atoms with Crippen molar-refractivity contribution in [1.29, 1.82) is 0 Å². The van der Waals surface area contributed by atoms with Crippen LogP contribution in [0.1, 0.15) is 44.6 Å². The zero-order valence-corrected chi connectivity index (χ0v) is 13.0. The van der Waals surface area contributed by atoms with E-state index in [0.717, 1.165) is 17.8 Å². The zero-order chi connectivity index (χ0) is 15.2. The average Bonchev–Trinajstić information content (AvgIpc) is 2.86. The van der Waals surface area contributed by atoms with Gasteiger partial charge in [-0.15, -0.1) is 0 Å². The molecule has 0 aliphatic rings. The molecule has 0 radical (unpaired) electrons. The molecule has 1 amide bonds. The molecule has 0 saturated carbocycles. The van der Waals surface area contributed by atoms with E-state index in [1.54, 1.807) is 0 Å². The van der Waals surface area contributed by atoms with E-state index < -0.39 is 0 Å². The van der Waals surface area contributed by atoms with Crippen molar-refractivity contribution in [1.82, 2.24) is 10.6 Å². The molecule has 0 aliphatic heterocycles. The number of amides is 1. The molecule has 2 rings (SSSR count). The van der Waals surface area contributed by atoms with Gasteiger partial charge >= 0.3 is 0 Å². The van der Waals surface area contributed by atoms with Crippen LogP contribution >= 0.6 is 0 Å². The SMILES string of the molecule is CCNC(=O)CCNC(C)c1oc2ccccc2c1CC. The van der Waals surface area contributed by atoms with E-state index in [1.165, 1.54) is 10.9 Å². The second-order valence-electron chi connectivity index (χ2n) is 5.17. The van der Waals surface area contributed by atoms with Gasteiger partial charge in [0.1, 0.15) is 11.3 Å². The molecule has 0 bridgehead atoms. The molecule has 1 aromatic carbocycles. The Morgan fingerprint density at radius 3 is 2.76 bits per heavy atom. The highest BCUT2D eigenvalue weighted by Crippen LogP contribution is 2.30. The maximum atomic E-state index is 11.5. The lowest BCUT2D eigenvalue weighted by Crippen LogP contribution is -2.28. The molecule has 1 heterocycles. The van der Waals surface area contributed by atoms with Crippen LogP contribution in [0.15, 0.2) is 28.7 Å². The van der Waals surface area contributed by atoms with Crippen molar-refractivity contribution >= 4 is 16.9 Å². The molecule has 1 atom stereocenters. The van der Waals surface area contributed by atoms with Gasteiger partial charge in [-0.2, -0.15) is 0 Å². The Morgan fingerprint density at radius 1 is 1.29 bits per heavy atom. The van der Waals surface area contributed by atoms with Gasteiger partial charge in [0.05, 0.1) is 6.04 Å². The zero-order valence-electron chi connectivity index (χ0n) is 13.0. The first kappa shape index (κ1) is 15.6. The fourth-order valence-electron chi connectivity index (χ4n) is 2.61. The van der Waals surface area contributed by atoms with Crippen LogP contribution in [0, 0.1) is 0 Å². The van der Waals surface area contributed by atoms with Crippen LogP contribution in [0.5, 0.6) is 0 Å². The molecule has 114 valence electrons. The number of carbonyl (C=O) groups excluding carboxylic acids is 1. The molecule has 21 heavy (non-hydrogen) atoms. The minimum atomic E-state index is 0.0810. The highest BCUT2D eigenvalue weighted by atomic mass is 16.3. The molecule has 0 aliphatic carbocycles. The van der Waals surface area contributed by atoms with E-state index in [1.807, 2.05) is 25.1 Å².